The minimum absolute atomic E-state index is 0.0326. The van der Waals surface area contributed by atoms with Gasteiger partial charge in [0.25, 0.3) is 5.91 Å². The largest absolute Gasteiger partial charge is 0.479 e. The molecule has 2 aliphatic rings. The van der Waals surface area contributed by atoms with Crippen LogP contribution in [0.15, 0.2) is 42.5 Å². The molecule has 0 radical (unpaired) electrons. The van der Waals surface area contributed by atoms with E-state index in [9.17, 15) is 18.0 Å². The Balaban J connectivity index is 1.32. The topological polar surface area (TPSA) is 117 Å². The summed E-state index contributed by atoms with van der Waals surface area (Å²) in [5.74, 6) is 0.0450. The zero-order valence-corrected chi connectivity index (χ0v) is 17.2. The van der Waals surface area contributed by atoms with Crippen LogP contribution in [-0.4, -0.2) is 45.3 Å². The van der Waals surface area contributed by atoms with Crippen molar-refractivity contribution < 1.29 is 22.7 Å². The number of rotatable bonds is 5. The highest BCUT2D eigenvalue weighted by molar-refractivity contribution is 7.92. The first-order valence-corrected chi connectivity index (χ1v) is 11.2. The summed E-state index contributed by atoms with van der Waals surface area (Å²) in [5.41, 5.74) is 2.62. The van der Waals surface area contributed by atoms with Gasteiger partial charge in [-0.15, -0.1) is 0 Å². The molecule has 1 unspecified atom stereocenters. The van der Waals surface area contributed by atoms with Crippen molar-refractivity contribution in [3.05, 3.63) is 48.0 Å². The van der Waals surface area contributed by atoms with E-state index >= 15 is 0 Å². The molecule has 0 spiro atoms. The Hall–Kier alpha value is -3.27. The number of anilines is 3. The van der Waals surface area contributed by atoms with E-state index < -0.39 is 22.2 Å². The zero-order chi connectivity index (χ0) is 21.3. The normalized spacial score (nSPS) is 17.4. The monoisotopic (exact) mass is 430 g/mol. The molecule has 0 saturated heterocycles. The second-order valence-electron chi connectivity index (χ2n) is 7.11. The Bertz CT molecular complexity index is 1100. The van der Waals surface area contributed by atoms with E-state index in [1.54, 1.807) is 31.2 Å². The van der Waals surface area contributed by atoms with E-state index in [-0.39, 0.29) is 18.2 Å². The fourth-order valence-electron chi connectivity index (χ4n) is 3.46. The van der Waals surface area contributed by atoms with Crippen molar-refractivity contribution in [3.63, 3.8) is 0 Å². The highest BCUT2D eigenvalue weighted by atomic mass is 32.2. The zero-order valence-electron chi connectivity index (χ0n) is 16.3. The molecule has 158 valence electrons. The summed E-state index contributed by atoms with van der Waals surface area (Å²) in [7, 11) is -3.54. The molecule has 2 aromatic rings. The molecule has 2 aliphatic heterocycles. The molecule has 1 atom stereocenters. The van der Waals surface area contributed by atoms with Crippen LogP contribution in [0, 0.1) is 0 Å². The second kappa shape index (κ2) is 7.86. The maximum Gasteiger partial charge on any atom is 0.319 e. The lowest BCUT2D eigenvalue weighted by Crippen LogP contribution is -2.38. The van der Waals surface area contributed by atoms with Crippen LogP contribution in [0.1, 0.15) is 12.5 Å². The number of ether oxygens (including phenoxy) is 1. The number of benzene rings is 2. The number of carbonyl (C=O) groups excluding carboxylic acids is 2. The summed E-state index contributed by atoms with van der Waals surface area (Å²) >= 11 is 0. The summed E-state index contributed by atoms with van der Waals surface area (Å²) < 4.78 is 32.2. The molecule has 10 heteroatoms. The number of hydrogen-bond acceptors (Lipinski definition) is 5. The third-order valence-electron chi connectivity index (χ3n) is 4.99. The Morgan fingerprint density at radius 2 is 2.07 bits per heavy atom. The number of sulfonamides is 1. The van der Waals surface area contributed by atoms with Crippen LogP contribution in [0.5, 0.6) is 5.75 Å². The smallest absolute Gasteiger partial charge is 0.319 e. The highest BCUT2D eigenvalue weighted by Gasteiger charge is 2.29. The second-order valence-corrected chi connectivity index (χ2v) is 9.12. The Kier molecular flexibility index (Phi) is 5.25. The van der Waals surface area contributed by atoms with Crippen molar-refractivity contribution in [2.45, 2.75) is 19.4 Å². The molecular formula is C20H22N4O5S. The Labute approximate surface area is 174 Å². The number of carbonyl (C=O) groups is 2. The summed E-state index contributed by atoms with van der Waals surface area (Å²) in [6, 6.07) is 11.7. The van der Waals surface area contributed by atoms with E-state index in [1.165, 1.54) is 4.31 Å². The molecule has 30 heavy (non-hydrogen) atoms. The molecule has 3 N–H and O–H groups in total. The van der Waals surface area contributed by atoms with Crippen LogP contribution >= 0.6 is 0 Å². The predicted molar refractivity (Wildman–Crippen MR) is 113 cm³/mol. The lowest BCUT2D eigenvalue weighted by molar-refractivity contribution is -0.122. The van der Waals surface area contributed by atoms with Gasteiger partial charge >= 0.3 is 6.03 Å². The Morgan fingerprint density at radius 1 is 1.27 bits per heavy atom. The van der Waals surface area contributed by atoms with Gasteiger partial charge in [-0.3, -0.25) is 9.10 Å². The number of para-hydroxylation sites is 1. The van der Waals surface area contributed by atoms with Crippen molar-refractivity contribution in [3.8, 4) is 5.75 Å². The third kappa shape index (κ3) is 4.04. The molecule has 4 rings (SSSR count). The number of amides is 3. The Morgan fingerprint density at radius 3 is 2.90 bits per heavy atom. The van der Waals surface area contributed by atoms with E-state index in [2.05, 4.69) is 16.0 Å². The predicted octanol–water partition coefficient (Wildman–Crippen LogP) is 1.92. The fraction of sp³-hybridized carbons (Fsp3) is 0.300. The van der Waals surface area contributed by atoms with Gasteiger partial charge in [0.05, 0.1) is 17.1 Å². The minimum atomic E-state index is -3.54. The first-order chi connectivity index (χ1) is 14.3. The highest BCUT2D eigenvalue weighted by Crippen LogP contribution is 2.32. The standard InChI is InChI=1S/C20H22N4O5S/c1-13-19(25)23-16-12-15(6-7-18(16)29-13)22-20(26)21-9-11-30(27,28)24-10-8-14-4-2-3-5-17(14)24/h2-7,12-13H,8-11H2,1H3,(H,23,25)(H2,21,22,26). The molecule has 0 saturated carbocycles. The van der Waals surface area contributed by atoms with Gasteiger partial charge in [0.15, 0.2) is 6.10 Å². The first-order valence-electron chi connectivity index (χ1n) is 9.58. The van der Waals surface area contributed by atoms with E-state index in [4.69, 9.17) is 4.74 Å². The number of urea groups is 1. The fourth-order valence-corrected chi connectivity index (χ4v) is 4.89. The van der Waals surface area contributed by atoms with Crippen molar-refractivity contribution in [1.29, 1.82) is 0 Å². The van der Waals surface area contributed by atoms with Crippen LogP contribution in [-0.2, 0) is 21.2 Å². The molecule has 0 aliphatic carbocycles. The minimum Gasteiger partial charge on any atom is -0.479 e. The average Bonchev–Trinajstić information content (AvgIpc) is 3.14. The molecule has 3 amide bonds. The van der Waals surface area contributed by atoms with Gasteiger partial charge in [0.1, 0.15) is 5.75 Å². The molecule has 0 fully saturated rings. The first kappa shape index (κ1) is 20.0. The number of fused-ring (bicyclic) bond motifs is 2. The van der Waals surface area contributed by atoms with Gasteiger partial charge in [-0.2, -0.15) is 0 Å². The van der Waals surface area contributed by atoms with Crippen molar-refractivity contribution >= 4 is 39.0 Å². The summed E-state index contributed by atoms with van der Waals surface area (Å²) in [6.07, 6.45) is 0.102. The van der Waals surface area contributed by atoms with E-state index in [0.717, 1.165) is 5.56 Å². The quantitative estimate of drug-likeness (QED) is 0.670. The van der Waals surface area contributed by atoms with E-state index in [0.29, 0.717) is 35.8 Å². The van der Waals surface area contributed by atoms with Crippen LogP contribution in [0.25, 0.3) is 0 Å². The lowest BCUT2D eigenvalue weighted by Gasteiger charge is -2.23. The van der Waals surface area contributed by atoms with Crippen LogP contribution in [0.3, 0.4) is 0 Å². The van der Waals surface area contributed by atoms with Gasteiger partial charge in [-0.25, -0.2) is 13.2 Å². The molecule has 2 aromatic carbocycles. The SMILES string of the molecule is CC1Oc2ccc(NC(=O)NCCS(=O)(=O)N3CCc4ccccc43)cc2NC1=O. The molecule has 0 aromatic heterocycles. The van der Waals surface area contributed by atoms with Crippen LogP contribution in [0.2, 0.25) is 0 Å². The molecule has 2 heterocycles. The summed E-state index contributed by atoms with van der Waals surface area (Å²) in [5, 5.41) is 7.89. The lowest BCUT2D eigenvalue weighted by atomic mass is 10.2. The third-order valence-corrected chi connectivity index (χ3v) is 6.77. The van der Waals surface area contributed by atoms with Gasteiger partial charge in [-0.05, 0) is 43.2 Å². The van der Waals surface area contributed by atoms with Crippen molar-refractivity contribution in [1.82, 2.24) is 5.32 Å². The van der Waals surface area contributed by atoms with Gasteiger partial charge < -0.3 is 20.7 Å². The maximum atomic E-state index is 12.7. The van der Waals surface area contributed by atoms with Crippen molar-refractivity contribution in [2.24, 2.45) is 0 Å². The molecular weight excluding hydrogens is 408 g/mol. The number of nitrogens with one attached hydrogen (secondary N) is 3. The summed E-state index contributed by atoms with van der Waals surface area (Å²) in [6.45, 7) is 2.03. The van der Waals surface area contributed by atoms with Crippen LogP contribution < -0.4 is 25.0 Å². The van der Waals surface area contributed by atoms with Gasteiger partial charge in [-0.1, -0.05) is 18.2 Å². The van der Waals surface area contributed by atoms with Crippen molar-refractivity contribution in [2.75, 3.05) is 33.8 Å². The number of hydrogen-bond donors (Lipinski definition) is 3. The summed E-state index contributed by atoms with van der Waals surface area (Å²) in [4.78, 5) is 23.9. The maximum absolute atomic E-state index is 12.7. The van der Waals surface area contributed by atoms with Gasteiger partial charge in [0, 0.05) is 18.8 Å². The molecule has 9 nitrogen and oxygen atoms in total. The van der Waals surface area contributed by atoms with Crippen LogP contribution in [0.4, 0.5) is 21.9 Å². The van der Waals surface area contributed by atoms with Gasteiger partial charge in [0.2, 0.25) is 10.0 Å². The van der Waals surface area contributed by atoms with E-state index in [1.807, 2.05) is 18.2 Å². The molecule has 0 bridgehead atoms. The number of nitrogens with zero attached hydrogens (tertiary/aromatic N) is 1. The average molecular weight is 430 g/mol.